The van der Waals surface area contributed by atoms with Gasteiger partial charge in [-0.3, -0.25) is 4.79 Å². The van der Waals surface area contributed by atoms with Crippen molar-refractivity contribution >= 4 is 5.91 Å². The minimum Gasteiger partial charge on any atom is -0.353 e. The quantitative estimate of drug-likeness (QED) is 0.909. The van der Waals surface area contributed by atoms with Crippen LogP contribution in [0.1, 0.15) is 37.3 Å². The van der Waals surface area contributed by atoms with Crippen molar-refractivity contribution in [3.05, 3.63) is 35.6 Å². The van der Waals surface area contributed by atoms with Gasteiger partial charge >= 0.3 is 0 Å². The van der Waals surface area contributed by atoms with Gasteiger partial charge in [0.15, 0.2) is 0 Å². The number of nitrogens with zero attached hydrogens (tertiary/aromatic N) is 2. The predicted octanol–water partition coefficient (Wildman–Crippen LogP) is 2.63. The first-order valence-electron chi connectivity index (χ1n) is 7.60. The Hall–Kier alpha value is -1.93. The molecule has 0 radical (unpaired) electrons. The smallest absolute Gasteiger partial charge is 0.240 e. The van der Waals surface area contributed by atoms with Gasteiger partial charge in [-0.2, -0.15) is 5.26 Å². The van der Waals surface area contributed by atoms with E-state index in [-0.39, 0.29) is 17.8 Å². The lowest BCUT2D eigenvalue weighted by atomic mass is 9.87. The van der Waals surface area contributed by atoms with E-state index in [2.05, 4.69) is 11.4 Å². The predicted molar refractivity (Wildman–Crippen MR) is 82.4 cm³/mol. The number of amides is 1. The third-order valence-electron chi connectivity index (χ3n) is 4.42. The van der Waals surface area contributed by atoms with E-state index in [4.69, 9.17) is 0 Å². The molecular weight excluding hydrogens is 281 g/mol. The van der Waals surface area contributed by atoms with Crippen LogP contribution in [-0.4, -0.2) is 31.4 Å². The van der Waals surface area contributed by atoms with Gasteiger partial charge in [-0.15, -0.1) is 0 Å². The lowest BCUT2D eigenvalue weighted by Gasteiger charge is -2.27. The number of nitriles is 1. The number of carbonyl (C=O) groups excluding carboxylic acids is 1. The highest BCUT2D eigenvalue weighted by molar-refractivity contribution is 5.85. The van der Waals surface area contributed by atoms with Crippen LogP contribution < -0.4 is 5.32 Å². The van der Waals surface area contributed by atoms with Crippen molar-refractivity contribution in [2.45, 2.75) is 31.7 Å². The molecule has 1 saturated carbocycles. The Kier molecular flexibility index (Phi) is 5.15. The van der Waals surface area contributed by atoms with Crippen LogP contribution >= 0.6 is 0 Å². The first-order chi connectivity index (χ1) is 10.5. The van der Waals surface area contributed by atoms with Gasteiger partial charge in [0, 0.05) is 6.54 Å². The van der Waals surface area contributed by atoms with Crippen molar-refractivity contribution in [3.8, 4) is 6.07 Å². The maximum atomic E-state index is 13.4. The summed E-state index contributed by atoms with van der Waals surface area (Å²) in [5.41, 5.74) is -0.0681. The Morgan fingerprint density at radius 1 is 1.45 bits per heavy atom. The molecule has 0 aromatic heterocycles. The van der Waals surface area contributed by atoms with Gasteiger partial charge in [0.1, 0.15) is 11.2 Å². The molecule has 0 heterocycles. The van der Waals surface area contributed by atoms with Crippen molar-refractivity contribution < 1.29 is 9.18 Å². The minimum absolute atomic E-state index is 0.128. The molecule has 1 atom stereocenters. The fourth-order valence-electron chi connectivity index (χ4n) is 3.04. The van der Waals surface area contributed by atoms with Gasteiger partial charge < -0.3 is 10.2 Å². The topological polar surface area (TPSA) is 56.1 Å². The molecule has 5 heteroatoms. The molecule has 2 rings (SSSR count). The van der Waals surface area contributed by atoms with E-state index in [1.165, 1.54) is 12.1 Å². The number of halogens is 1. The highest BCUT2D eigenvalue weighted by atomic mass is 19.1. The van der Waals surface area contributed by atoms with Crippen molar-refractivity contribution in [3.63, 3.8) is 0 Å². The van der Waals surface area contributed by atoms with E-state index in [1.54, 1.807) is 6.07 Å². The molecule has 0 saturated heterocycles. The second kappa shape index (κ2) is 6.89. The fraction of sp³-hybridized carbons (Fsp3) is 0.529. The Morgan fingerprint density at radius 3 is 2.68 bits per heavy atom. The molecule has 1 aromatic carbocycles. The zero-order valence-corrected chi connectivity index (χ0v) is 13.1. The number of rotatable bonds is 5. The molecule has 1 aromatic rings. The van der Waals surface area contributed by atoms with Crippen molar-refractivity contribution in [2.24, 2.45) is 5.41 Å². The number of hydrogen-bond acceptors (Lipinski definition) is 3. The van der Waals surface area contributed by atoms with Crippen LogP contribution in [0, 0.1) is 22.6 Å². The summed E-state index contributed by atoms with van der Waals surface area (Å²) < 4.78 is 13.4. The van der Waals surface area contributed by atoms with Gasteiger partial charge in [-0.25, -0.2) is 4.39 Å². The molecule has 1 N–H and O–H groups in total. The lowest BCUT2D eigenvalue weighted by Crippen LogP contribution is -2.42. The Morgan fingerprint density at radius 2 is 2.14 bits per heavy atom. The monoisotopic (exact) mass is 303 g/mol. The first-order valence-corrected chi connectivity index (χ1v) is 7.60. The maximum absolute atomic E-state index is 13.4. The van der Waals surface area contributed by atoms with E-state index >= 15 is 0 Å². The highest BCUT2D eigenvalue weighted by Crippen LogP contribution is 2.37. The lowest BCUT2D eigenvalue weighted by molar-refractivity contribution is -0.128. The van der Waals surface area contributed by atoms with Gasteiger partial charge in [0.25, 0.3) is 0 Å². The van der Waals surface area contributed by atoms with Crippen LogP contribution in [0.2, 0.25) is 0 Å². The molecule has 0 bridgehead atoms. The number of likely N-dealkylation sites (N-methyl/N-ethyl adjacent to an activating group) is 1. The summed E-state index contributed by atoms with van der Waals surface area (Å²) >= 11 is 0. The average molecular weight is 303 g/mol. The second-order valence-corrected chi connectivity index (χ2v) is 6.15. The summed E-state index contributed by atoms with van der Waals surface area (Å²) in [6.45, 7) is 0.360. The molecule has 1 aliphatic carbocycles. The Balaban J connectivity index is 2.07. The molecule has 22 heavy (non-hydrogen) atoms. The third kappa shape index (κ3) is 3.45. The van der Waals surface area contributed by atoms with Gasteiger partial charge in [0.2, 0.25) is 5.91 Å². The fourth-order valence-corrected chi connectivity index (χ4v) is 3.04. The third-order valence-corrected chi connectivity index (χ3v) is 4.42. The largest absolute Gasteiger partial charge is 0.353 e. The number of hydrogen-bond donors (Lipinski definition) is 1. The Bertz CT molecular complexity index is 574. The minimum atomic E-state index is -0.876. The summed E-state index contributed by atoms with van der Waals surface area (Å²) in [6, 6.07) is 8.45. The van der Waals surface area contributed by atoms with Gasteiger partial charge in [-0.1, -0.05) is 25.0 Å². The van der Waals surface area contributed by atoms with E-state index < -0.39 is 5.41 Å². The van der Waals surface area contributed by atoms with Crippen molar-refractivity contribution in [1.29, 1.82) is 5.26 Å². The van der Waals surface area contributed by atoms with Gasteiger partial charge in [0.05, 0.1) is 12.1 Å². The van der Waals surface area contributed by atoms with Crippen LogP contribution in [0.5, 0.6) is 0 Å². The molecule has 1 aliphatic rings. The van der Waals surface area contributed by atoms with Crippen LogP contribution in [-0.2, 0) is 4.79 Å². The maximum Gasteiger partial charge on any atom is 0.240 e. The van der Waals surface area contributed by atoms with Gasteiger partial charge in [-0.05, 0) is 44.6 Å². The first kappa shape index (κ1) is 16.4. The molecule has 0 spiro atoms. The molecule has 1 unspecified atom stereocenters. The molecule has 1 fully saturated rings. The molecule has 0 aliphatic heterocycles. The van der Waals surface area contributed by atoms with E-state index in [9.17, 15) is 14.4 Å². The van der Waals surface area contributed by atoms with E-state index in [0.29, 0.717) is 19.4 Å². The summed E-state index contributed by atoms with van der Waals surface area (Å²) in [4.78, 5) is 14.3. The number of benzene rings is 1. The molecule has 1 amide bonds. The van der Waals surface area contributed by atoms with Crippen molar-refractivity contribution in [2.75, 3.05) is 20.6 Å². The van der Waals surface area contributed by atoms with Crippen LogP contribution in [0.4, 0.5) is 4.39 Å². The van der Waals surface area contributed by atoms with Crippen LogP contribution in [0.15, 0.2) is 24.3 Å². The average Bonchev–Trinajstić information content (AvgIpc) is 2.97. The number of carbonyl (C=O) groups is 1. The SMILES string of the molecule is CN(C)C(CNC(=O)C1(C#N)CCCC1)c1cccc(F)c1. The molecule has 118 valence electrons. The summed E-state index contributed by atoms with van der Waals surface area (Å²) in [6.07, 6.45) is 3.09. The zero-order chi connectivity index (χ0) is 16.2. The second-order valence-electron chi connectivity index (χ2n) is 6.15. The molecular formula is C17H22FN3O. The number of nitrogens with one attached hydrogen (secondary N) is 1. The Labute approximate surface area is 130 Å². The van der Waals surface area contributed by atoms with Crippen molar-refractivity contribution in [1.82, 2.24) is 10.2 Å². The summed E-state index contributed by atoms with van der Waals surface area (Å²) in [5.74, 6) is -0.490. The van der Waals surface area contributed by atoms with E-state index in [1.807, 2.05) is 25.1 Å². The van der Waals surface area contributed by atoms with E-state index in [0.717, 1.165) is 18.4 Å². The normalized spacial score (nSPS) is 18.0. The summed E-state index contributed by atoms with van der Waals surface area (Å²) in [7, 11) is 3.77. The highest BCUT2D eigenvalue weighted by Gasteiger charge is 2.41. The van der Waals surface area contributed by atoms with Crippen LogP contribution in [0.3, 0.4) is 0 Å². The van der Waals surface area contributed by atoms with Crippen LogP contribution in [0.25, 0.3) is 0 Å². The standard InChI is InChI=1S/C17H22FN3O/c1-21(2)15(13-6-5-7-14(18)10-13)11-20-16(22)17(12-19)8-3-4-9-17/h5-7,10,15H,3-4,8-9,11H2,1-2H3,(H,20,22). The zero-order valence-electron chi connectivity index (χ0n) is 13.1. The molecule has 4 nitrogen and oxygen atoms in total. The summed E-state index contributed by atoms with van der Waals surface area (Å²) in [5, 5.41) is 12.2.